The van der Waals surface area contributed by atoms with Gasteiger partial charge in [-0.1, -0.05) is 36.4 Å². The fraction of sp³-hybridized carbons (Fsp3) is 0.556. The van der Waals surface area contributed by atoms with Crippen LogP contribution < -0.4 is 0 Å². The highest BCUT2D eigenvalue weighted by Gasteiger charge is 2.30. The Labute approximate surface area is 199 Å². The summed E-state index contributed by atoms with van der Waals surface area (Å²) in [4.78, 5) is 0. The van der Waals surface area contributed by atoms with Crippen LogP contribution in [0.3, 0.4) is 0 Å². The number of fused-ring (bicyclic) bond motifs is 2. The first kappa shape index (κ1) is 23.2. The first-order valence-corrected chi connectivity index (χ1v) is 13.6. The van der Waals surface area contributed by atoms with Gasteiger partial charge in [-0.15, -0.1) is 0 Å². The number of thiol groups is 1. The summed E-state index contributed by atoms with van der Waals surface area (Å²) in [6.07, 6.45) is 9.38. The monoisotopic (exact) mass is 454 g/mol. The molecule has 0 bridgehead atoms. The first-order valence-electron chi connectivity index (χ1n) is 11.8. The van der Waals surface area contributed by atoms with Crippen molar-refractivity contribution < 1.29 is 0 Å². The molecular formula is C27H38N2S2. The van der Waals surface area contributed by atoms with Crippen LogP contribution in [0.15, 0.2) is 36.4 Å². The zero-order valence-electron chi connectivity index (χ0n) is 19.8. The van der Waals surface area contributed by atoms with Crippen LogP contribution >= 0.6 is 24.4 Å². The topological polar surface area (TPSA) is 6.48 Å². The Kier molecular flexibility index (Phi) is 7.42. The van der Waals surface area contributed by atoms with Gasteiger partial charge >= 0.3 is 0 Å². The molecule has 0 aliphatic heterocycles. The minimum atomic E-state index is 0.311. The molecule has 0 saturated carbocycles. The smallest absolute Gasteiger partial charge is 0.0286 e. The Hall–Kier alpha value is -0.940. The summed E-state index contributed by atoms with van der Waals surface area (Å²) in [6.45, 7) is 4.47. The second-order valence-electron chi connectivity index (χ2n) is 9.55. The Balaban J connectivity index is 1.43. The van der Waals surface area contributed by atoms with Crippen LogP contribution in [0, 0.1) is 0 Å². The number of hydrogen-bond donors (Lipinski definition) is 1. The summed E-state index contributed by atoms with van der Waals surface area (Å²) in [5.41, 5.74) is 9.01. The van der Waals surface area contributed by atoms with Crippen molar-refractivity contribution in [2.24, 2.45) is 0 Å². The number of benzene rings is 2. The van der Waals surface area contributed by atoms with E-state index < -0.39 is 0 Å². The van der Waals surface area contributed by atoms with Crippen LogP contribution in [0.25, 0.3) is 0 Å². The molecule has 4 atom stereocenters. The summed E-state index contributed by atoms with van der Waals surface area (Å²) < 4.78 is 0. The Morgan fingerprint density at radius 1 is 0.806 bits per heavy atom. The number of aryl methyl sites for hydroxylation is 2. The quantitative estimate of drug-likeness (QED) is 0.405. The lowest BCUT2D eigenvalue weighted by Crippen LogP contribution is -2.52. The maximum absolute atomic E-state index is 4.62. The minimum Gasteiger partial charge on any atom is -0.241 e. The van der Waals surface area contributed by atoms with Crippen molar-refractivity contribution in [3.63, 3.8) is 0 Å². The molecule has 4 heteroatoms. The maximum atomic E-state index is 4.62. The Morgan fingerprint density at radius 2 is 1.35 bits per heavy atom. The summed E-state index contributed by atoms with van der Waals surface area (Å²) in [5.74, 6) is 0. The molecule has 0 heterocycles. The molecule has 0 spiro atoms. The molecular weight excluding hydrogens is 416 g/mol. The van der Waals surface area contributed by atoms with E-state index in [4.69, 9.17) is 0 Å². The van der Waals surface area contributed by atoms with Crippen molar-refractivity contribution in [2.45, 2.75) is 75.0 Å². The molecule has 31 heavy (non-hydrogen) atoms. The number of hydrazine groups is 1. The summed E-state index contributed by atoms with van der Waals surface area (Å²) in [6, 6.07) is 15.4. The highest BCUT2D eigenvalue weighted by atomic mass is 32.2. The third kappa shape index (κ3) is 5.03. The second-order valence-corrected chi connectivity index (χ2v) is 11.5. The Morgan fingerprint density at radius 3 is 2.00 bits per heavy atom. The van der Waals surface area contributed by atoms with Gasteiger partial charge in [-0.3, -0.25) is 0 Å². The van der Waals surface area contributed by atoms with Gasteiger partial charge in [-0.05, 0) is 92.0 Å². The summed E-state index contributed by atoms with van der Waals surface area (Å²) >= 11 is 6.55. The van der Waals surface area contributed by atoms with E-state index in [0.29, 0.717) is 22.6 Å². The van der Waals surface area contributed by atoms with E-state index in [9.17, 15) is 0 Å². The van der Waals surface area contributed by atoms with Gasteiger partial charge in [0.2, 0.25) is 0 Å². The van der Waals surface area contributed by atoms with Gasteiger partial charge in [0.15, 0.2) is 0 Å². The third-order valence-electron chi connectivity index (χ3n) is 7.73. The van der Waals surface area contributed by atoms with E-state index in [-0.39, 0.29) is 0 Å². The van der Waals surface area contributed by atoms with Gasteiger partial charge in [0.1, 0.15) is 0 Å². The molecule has 168 valence electrons. The van der Waals surface area contributed by atoms with Crippen LogP contribution in [-0.2, 0) is 25.7 Å². The predicted octanol–water partition coefficient (Wildman–Crippen LogP) is 6.29. The summed E-state index contributed by atoms with van der Waals surface area (Å²) in [7, 11) is 4.62. The molecule has 2 aromatic rings. The molecule has 4 rings (SSSR count). The predicted molar refractivity (Wildman–Crippen MR) is 139 cm³/mol. The molecule has 2 aliphatic rings. The molecule has 0 radical (unpaired) electrons. The molecule has 0 saturated heterocycles. The molecule has 2 nitrogen and oxygen atoms in total. The molecule has 0 fully saturated rings. The number of nitrogens with zero attached hydrogens (tertiary/aromatic N) is 2. The van der Waals surface area contributed by atoms with Gasteiger partial charge in [0.05, 0.1) is 0 Å². The van der Waals surface area contributed by atoms with E-state index in [1.54, 1.807) is 11.1 Å². The largest absolute Gasteiger partial charge is 0.241 e. The molecule has 4 unspecified atom stereocenters. The van der Waals surface area contributed by atoms with Crippen LogP contribution in [0.4, 0.5) is 0 Å². The number of likely N-dealkylation sites (N-methyl/N-ethyl adjacent to an activating group) is 2. The maximum Gasteiger partial charge on any atom is 0.0286 e. The van der Waals surface area contributed by atoms with Crippen molar-refractivity contribution >= 4 is 24.4 Å². The third-order valence-corrected chi connectivity index (χ3v) is 9.00. The van der Waals surface area contributed by atoms with E-state index >= 15 is 0 Å². The van der Waals surface area contributed by atoms with Crippen molar-refractivity contribution in [2.75, 3.05) is 20.4 Å². The molecule has 0 amide bonds. The Bertz CT molecular complexity index is 910. The molecule has 0 N–H and O–H groups in total. The minimum absolute atomic E-state index is 0.311. The van der Waals surface area contributed by atoms with Crippen LogP contribution in [0.2, 0.25) is 0 Å². The van der Waals surface area contributed by atoms with Crippen molar-refractivity contribution in [3.8, 4) is 0 Å². The SMILES string of the molecule is CSC(C)c1ccc2c(c1)CC(N(C)N(C)C1CCc3cc(C(C)S)ccc3C1)CC2. The van der Waals surface area contributed by atoms with Crippen molar-refractivity contribution in [1.29, 1.82) is 0 Å². The van der Waals surface area contributed by atoms with E-state index in [1.807, 2.05) is 11.8 Å². The van der Waals surface area contributed by atoms with Crippen molar-refractivity contribution in [3.05, 3.63) is 69.8 Å². The highest BCUT2D eigenvalue weighted by Crippen LogP contribution is 2.33. The zero-order chi connectivity index (χ0) is 22.1. The van der Waals surface area contributed by atoms with Gasteiger partial charge in [-0.25, -0.2) is 10.0 Å². The molecule has 2 aliphatic carbocycles. The van der Waals surface area contributed by atoms with E-state index in [1.165, 1.54) is 47.9 Å². The van der Waals surface area contributed by atoms with Crippen LogP contribution in [-0.4, -0.2) is 42.5 Å². The number of rotatable bonds is 6. The van der Waals surface area contributed by atoms with E-state index in [0.717, 1.165) is 12.8 Å². The fourth-order valence-electron chi connectivity index (χ4n) is 5.32. The first-order chi connectivity index (χ1) is 14.9. The number of thioether (sulfide) groups is 1. The lowest BCUT2D eigenvalue weighted by Gasteiger charge is -2.43. The number of hydrogen-bond acceptors (Lipinski definition) is 4. The lowest BCUT2D eigenvalue weighted by molar-refractivity contribution is -0.0561. The van der Waals surface area contributed by atoms with E-state index in [2.05, 4.69) is 93.2 Å². The summed E-state index contributed by atoms with van der Waals surface area (Å²) in [5, 5.41) is 5.97. The van der Waals surface area contributed by atoms with Crippen LogP contribution in [0.5, 0.6) is 0 Å². The van der Waals surface area contributed by atoms with Crippen LogP contribution in [0.1, 0.15) is 70.6 Å². The van der Waals surface area contributed by atoms with Gasteiger partial charge in [0.25, 0.3) is 0 Å². The fourth-order valence-corrected chi connectivity index (χ4v) is 5.89. The average Bonchev–Trinajstić information content (AvgIpc) is 2.81. The van der Waals surface area contributed by atoms with Gasteiger partial charge < -0.3 is 0 Å². The highest BCUT2D eigenvalue weighted by molar-refractivity contribution is 7.98. The average molecular weight is 455 g/mol. The zero-order valence-corrected chi connectivity index (χ0v) is 21.5. The van der Waals surface area contributed by atoms with Gasteiger partial charge in [-0.2, -0.15) is 24.4 Å². The molecule has 2 aromatic carbocycles. The standard InChI is InChI=1S/C27H38N2S2/c1-18(30)21-7-9-24-16-26(13-11-23(24)14-21)28(3)29(4)27-12-10-20-6-8-22(19(2)31-5)15-25(20)17-27/h6-9,14-15,18-19,26-27,30H,10-13,16-17H2,1-5H3. The lowest BCUT2D eigenvalue weighted by atomic mass is 9.85. The molecule has 0 aromatic heterocycles. The second kappa shape index (κ2) is 9.91. The van der Waals surface area contributed by atoms with Gasteiger partial charge in [0, 0.05) is 36.7 Å². The van der Waals surface area contributed by atoms with Crippen molar-refractivity contribution in [1.82, 2.24) is 10.0 Å². The normalized spacial score (nSPS) is 22.8.